The van der Waals surface area contributed by atoms with Gasteiger partial charge in [0, 0.05) is 24.9 Å². The van der Waals surface area contributed by atoms with Gasteiger partial charge in [-0.05, 0) is 37.1 Å². The van der Waals surface area contributed by atoms with Gasteiger partial charge < -0.3 is 8.98 Å². The molecule has 0 amide bonds. The number of hydrogen-bond donors (Lipinski definition) is 0. The molecule has 0 saturated heterocycles. The highest BCUT2D eigenvalue weighted by Crippen LogP contribution is 2.16. The van der Waals surface area contributed by atoms with E-state index in [4.69, 9.17) is 4.42 Å². The topological polar surface area (TPSA) is 18.1 Å². The molecule has 0 N–H and O–H groups in total. The highest BCUT2D eigenvalue weighted by Gasteiger charge is 2.01. The molecule has 100 valence electrons. The Morgan fingerprint density at radius 2 is 1.67 bits per heavy atom. The van der Waals surface area contributed by atoms with Crippen molar-refractivity contribution in [2.24, 2.45) is 7.05 Å². The summed E-state index contributed by atoms with van der Waals surface area (Å²) in [5.74, 6) is 3.23. The van der Waals surface area contributed by atoms with Crippen LogP contribution < -0.4 is 0 Å². The standard InChI is InChI=1S/C8H13N.C8H12O/c1-7(2)8-5-4-6-9(8)3;1-6(2)8-5-4-7(3)9-8/h4-7H,1-3H3;4-6H,1-3H3. The molecule has 0 unspecified atom stereocenters. The van der Waals surface area contributed by atoms with Gasteiger partial charge in [0.2, 0.25) is 0 Å². The van der Waals surface area contributed by atoms with Gasteiger partial charge in [-0.15, -0.1) is 0 Å². The van der Waals surface area contributed by atoms with E-state index >= 15 is 0 Å². The molecule has 0 aliphatic carbocycles. The van der Waals surface area contributed by atoms with E-state index in [1.165, 1.54) is 5.69 Å². The fourth-order valence-electron chi connectivity index (χ4n) is 1.84. The van der Waals surface area contributed by atoms with Crippen molar-refractivity contribution in [2.45, 2.75) is 46.5 Å². The smallest absolute Gasteiger partial charge is 0.106 e. The van der Waals surface area contributed by atoms with Crippen LogP contribution in [0.5, 0.6) is 0 Å². The minimum atomic E-state index is 0.513. The van der Waals surface area contributed by atoms with Crippen LogP contribution in [-0.2, 0) is 7.05 Å². The molecule has 0 fully saturated rings. The molecule has 0 aliphatic rings. The molecule has 2 aromatic rings. The molecular weight excluding hydrogens is 222 g/mol. The summed E-state index contributed by atoms with van der Waals surface area (Å²) in [7, 11) is 2.08. The highest BCUT2D eigenvalue weighted by molar-refractivity contribution is 5.10. The fraction of sp³-hybridized carbons (Fsp3) is 0.500. The Morgan fingerprint density at radius 3 is 1.89 bits per heavy atom. The third-order valence-corrected chi connectivity index (χ3v) is 2.91. The monoisotopic (exact) mass is 247 g/mol. The minimum Gasteiger partial charge on any atom is -0.466 e. The number of furan rings is 1. The minimum absolute atomic E-state index is 0.513. The van der Waals surface area contributed by atoms with Gasteiger partial charge in [-0.1, -0.05) is 27.7 Å². The summed E-state index contributed by atoms with van der Waals surface area (Å²) < 4.78 is 7.50. The lowest BCUT2D eigenvalue weighted by atomic mass is 10.1. The lowest BCUT2D eigenvalue weighted by molar-refractivity contribution is 0.463. The molecule has 0 saturated carbocycles. The van der Waals surface area contributed by atoms with Gasteiger partial charge in [0.25, 0.3) is 0 Å². The first-order chi connectivity index (χ1) is 8.41. The molecular formula is C16H25NO. The average Bonchev–Trinajstić information content (AvgIpc) is 2.87. The Hall–Kier alpha value is -1.44. The number of hydrogen-bond acceptors (Lipinski definition) is 1. The summed E-state index contributed by atoms with van der Waals surface area (Å²) in [6.45, 7) is 10.6. The fourth-order valence-corrected chi connectivity index (χ4v) is 1.84. The molecule has 0 aromatic carbocycles. The summed E-state index contributed by atoms with van der Waals surface area (Å²) in [6.07, 6.45) is 2.08. The Labute approximate surface area is 111 Å². The maximum absolute atomic E-state index is 5.34. The van der Waals surface area contributed by atoms with E-state index in [1.807, 2.05) is 19.1 Å². The highest BCUT2D eigenvalue weighted by atomic mass is 16.3. The second-order valence-electron chi connectivity index (χ2n) is 5.30. The Bertz CT molecular complexity index is 463. The molecule has 2 heteroatoms. The number of aryl methyl sites for hydroxylation is 2. The third kappa shape index (κ3) is 4.10. The number of aromatic nitrogens is 1. The van der Waals surface area contributed by atoms with E-state index in [1.54, 1.807) is 0 Å². The molecule has 0 bridgehead atoms. The Morgan fingerprint density at radius 1 is 1.00 bits per heavy atom. The van der Waals surface area contributed by atoms with Crippen molar-refractivity contribution in [3.8, 4) is 0 Å². The van der Waals surface area contributed by atoms with Gasteiger partial charge in [0.15, 0.2) is 0 Å². The van der Waals surface area contributed by atoms with Gasteiger partial charge in [-0.25, -0.2) is 0 Å². The van der Waals surface area contributed by atoms with E-state index in [0.29, 0.717) is 11.8 Å². The number of nitrogens with zero attached hydrogens (tertiary/aromatic N) is 1. The van der Waals surface area contributed by atoms with E-state index in [0.717, 1.165) is 11.5 Å². The summed E-state index contributed by atoms with van der Waals surface area (Å²) in [4.78, 5) is 0. The summed E-state index contributed by atoms with van der Waals surface area (Å²) in [5.41, 5.74) is 1.40. The normalized spacial score (nSPS) is 10.7. The van der Waals surface area contributed by atoms with Crippen LogP contribution in [0.3, 0.4) is 0 Å². The van der Waals surface area contributed by atoms with E-state index in [9.17, 15) is 0 Å². The van der Waals surface area contributed by atoms with Crippen LogP contribution in [0.15, 0.2) is 34.9 Å². The predicted octanol–water partition coefficient (Wildman–Crippen LogP) is 4.86. The molecule has 18 heavy (non-hydrogen) atoms. The SMILES string of the molecule is CC(C)c1cccn1C.Cc1ccc(C(C)C)o1. The van der Waals surface area contributed by atoms with Crippen molar-refractivity contribution in [3.63, 3.8) is 0 Å². The first kappa shape index (κ1) is 14.6. The first-order valence-corrected chi connectivity index (χ1v) is 6.59. The lowest BCUT2D eigenvalue weighted by Gasteiger charge is -2.04. The third-order valence-electron chi connectivity index (χ3n) is 2.91. The quantitative estimate of drug-likeness (QED) is 0.741. The second kappa shape index (κ2) is 6.48. The van der Waals surface area contributed by atoms with Gasteiger partial charge in [-0.2, -0.15) is 0 Å². The zero-order chi connectivity index (χ0) is 13.7. The average molecular weight is 247 g/mol. The molecule has 0 spiro atoms. The summed E-state index contributed by atoms with van der Waals surface area (Å²) in [5, 5.41) is 0. The van der Waals surface area contributed by atoms with Crippen LogP contribution >= 0.6 is 0 Å². The molecule has 2 nitrogen and oxygen atoms in total. The van der Waals surface area contributed by atoms with Crippen LogP contribution in [0.25, 0.3) is 0 Å². The van der Waals surface area contributed by atoms with Crippen molar-refractivity contribution in [2.75, 3.05) is 0 Å². The maximum atomic E-state index is 5.34. The van der Waals surface area contributed by atoms with Crippen molar-refractivity contribution in [1.29, 1.82) is 0 Å². The molecule has 0 aliphatic heterocycles. The van der Waals surface area contributed by atoms with E-state index < -0.39 is 0 Å². The first-order valence-electron chi connectivity index (χ1n) is 6.59. The maximum Gasteiger partial charge on any atom is 0.106 e. The van der Waals surface area contributed by atoms with Crippen molar-refractivity contribution in [3.05, 3.63) is 47.7 Å². The van der Waals surface area contributed by atoms with Crippen LogP contribution in [-0.4, -0.2) is 4.57 Å². The van der Waals surface area contributed by atoms with E-state index in [2.05, 4.69) is 57.6 Å². The van der Waals surface area contributed by atoms with E-state index in [-0.39, 0.29) is 0 Å². The zero-order valence-corrected chi connectivity index (χ0v) is 12.4. The van der Waals surface area contributed by atoms with Crippen molar-refractivity contribution in [1.82, 2.24) is 4.57 Å². The van der Waals surface area contributed by atoms with Gasteiger partial charge in [0.05, 0.1) is 0 Å². The lowest BCUT2D eigenvalue weighted by Crippen LogP contribution is -1.95. The van der Waals surface area contributed by atoms with Crippen molar-refractivity contribution >= 4 is 0 Å². The van der Waals surface area contributed by atoms with Crippen LogP contribution in [0.4, 0.5) is 0 Å². The second-order valence-corrected chi connectivity index (χ2v) is 5.30. The van der Waals surface area contributed by atoms with Crippen molar-refractivity contribution < 1.29 is 4.42 Å². The molecule has 2 heterocycles. The van der Waals surface area contributed by atoms with Crippen LogP contribution in [0.2, 0.25) is 0 Å². The van der Waals surface area contributed by atoms with Crippen LogP contribution in [0, 0.1) is 6.92 Å². The molecule has 2 rings (SSSR count). The molecule has 0 radical (unpaired) electrons. The molecule has 2 aromatic heterocycles. The largest absolute Gasteiger partial charge is 0.466 e. The van der Waals surface area contributed by atoms with Gasteiger partial charge in [0.1, 0.15) is 11.5 Å². The molecule has 0 atom stereocenters. The Kier molecular flexibility index (Phi) is 5.26. The summed E-state index contributed by atoms with van der Waals surface area (Å²) >= 11 is 0. The summed E-state index contributed by atoms with van der Waals surface area (Å²) in [6, 6.07) is 8.26. The number of rotatable bonds is 2. The predicted molar refractivity (Wildman–Crippen MR) is 77.0 cm³/mol. The van der Waals surface area contributed by atoms with Gasteiger partial charge >= 0.3 is 0 Å². The van der Waals surface area contributed by atoms with Gasteiger partial charge in [-0.3, -0.25) is 0 Å². The Balaban J connectivity index is 0.000000180. The zero-order valence-electron chi connectivity index (χ0n) is 12.4. The van der Waals surface area contributed by atoms with Crippen LogP contribution in [0.1, 0.15) is 56.7 Å².